The van der Waals surface area contributed by atoms with Crippen LogP contribution in [0.15, 0.2) is 18.6 Å². The summed E-state index contributed by atoms with van der Waals surface area (Å²) in [6.45, 7) is 0. The van der Waals surface area contributed by atoms with Gasteiger partial charge in [-0.15, -0.1) is 0 Å². The van der Waals surface area contributed by atoms with E-state index in [2.05, 4.69) is 9.97 Å². The fourth-order valence-electron chi connectivity index (χ4n) is 1.60. The van der Waals surface area contributed by atoms with Crippen LogP contribution in [-0.2, 0) is 0 Å². The van der Waals surface area contributed by atoms with Crippen molar-refractivity contribution in [1.82, 2.24) is 14.4 Å². The fourth-order valence-corrected chi connectivity index (χ4v) is 1.60. The topological polar surface area (TPSA) is 56.2 Å². The maximum absolute atomic E-state index is 5.95. The van der Waals surface area contributed by atoms with E-state index in [4.69, 9.17) is 5.73 Å². The summed E-state index contributed by atoms with van der Waals surface area (Å²) < 4.78 is 1.89. The van der Waals surface area contributed by atoms with Gasteiger partial charge in [0.2, 0.25) is 0 Å². The lowest BCUT2D eigenvalue weighted by molar-refractivity contribution is 1.06. The Morgan fingerprint density at radius 1 is 1.46 bits per heavy atom. The second kappa shape index (κ2) is 2.22. The molecule has 1 fully saturated rings. The first-order valence-corrected chi connectivity index (χ1v) is 4.43. The largest absolute Gasteiger partial charge is 0.383 e. The molecule has 0 amide bonds. The van der Waals surface area contributed by atoms with Gasteiger partial charge in [-0.25, -0.2) is 4.98 Å². The van der Waals surface area contributed by atoms with Crippen LogP contribution < -0.4 is 5.73 Å². The van der Waals surface area contributed by atoms with Crippen molar-refractivity contribution in [3.05, 3.63) is 24.3 Å². The zero-order chi connectivity index (χ0) is 8.84. The molecule has 1 aliphatic carbocycles. The molecule has 2 heterocycles. The Hall–Kier alpha value is -1.58. The van der Waals surface area contributed by atoms with E-state index < -0.39 is 0 Å². The quantitative estimate of drug-likeness (QED) is 0.706. The van der Waals surface area contributed by atoms with Gasteiger partial charge in [0.1, 0.15) is 5.82 Å². The summed E-state index contributed by atoms with van der Waals surface area (Å²) in [4.78, 5) is 8.46. The van der Waals surface area contributed by atoms with Crippen molar-refractivity contribution in [1.29, 1.82) is 0 Å². The van der Waals surface area contributed by atoms with Crippen molar-refractivity contribution < 1.29 is 0 Å². The average molecular weight is 174 g/mol. The molecule has 0 unspecified atom stereocenters. The van der Waals surface area contributed by atoms with E-state index in [-0.39, 0.29) is 0 Å². The van der Waals surface area contributed by atoms with Crippen molar-refractivity contribution >= 4 is 11.5 Å². The summed E-state index contributed by atoms with van der Waals surface area (Å²) in [6, 6.07) is 0. The highest BCUT2D eigenvalue weighted by molar-refractivity contribution is 5.53. The van der Waals surface area contributed by atoms with E-state index >= 15 is 0 Å². The molecule has 0 radical (unpaired) electrons. The minimum atomic E-state index is 0.597. The molecular weight excluding hydrogens is 164 g/mol. The van der Waals surface area contributed by atoms with E-state index in [1.807, 2.05) is 10.6 Å². The first-order chi connectivity index (χ1) is 6.36. The van der Waals surface area contributed by atoms with Crippen LogP contribution in [0.4, 0.5) is 5.82 Å². The second-order valence-corrected chi connectivity index (χ2v) is 3.46. The van der Waals surface area contributed by atoms with Gasteiger partial charge in [-0.3, -0.25) is 9.38 Å². The lowest BCUT2D eigenvalue weighted by Crippen LogP contribution is -1.94. The number of nitrogens with two attached hydrogens (primary N) is 1. The molecule has 0 aromatic carbocycles. The van der Waals surface area contributed by atoms with Gasteiger partial charge < -0.3 is 5.73 Å². The summed E-state index contributed by atoms with van der Waals surface area (Å²) >= 11 is 0. The molecule has 2 aromatic rings. The van der Waals surface area contributed by atoms with Crippen LogP contribution >= 0.6 is 0 Å². The molecule has 0 atom stereocenters. The molecule has 1 saturated carbocycles. The summed E-state index contributed by atoms with van der Waals surface area (Å²) in [5.41, 5.74) is 7.85. The fraction of sp³-hybridized carbons (Fsp3) is 0.333. The third kappa shape index (κ3) is 0.915. The standard InChI is InChI=1S/C9H10N4/c10-9-8(6-1-2-6)12-7-5-11-3-4-13(7)9/h3-6H,1-2,10H2. The number of fused-ring (bicyclic) bond motifs is 1. The average Bonchev–Trinajstić information content (AvgIpc) is 2.94. The highest BCUT2D eigenvalue weighted by atomic mass is 15.1. The van der Waals surface area contributed by atoms with Crippen LogP contribution in [0, 0.1) is 0 Å². The van der Waals surface area contributed by atoms with Crippen LogP contribution in [0.25, 0.3) is 5.65 Å². The Labute approximate surface area is 75.4 Å². The number of nitrogens with zero attached hydrogens (tertiary/aromatic N) is 3. The third-order valence-electron chi connectivity index (χ3n) is 2.46. The number of anilines is 1. The molecule has 4 heteroatoms. The molecule has 0 aliphatic heterocycles. The number of imidazole rings is 1. The number of nitrogen functional groups attached to an aromatic ring is 1. The summed E-state index contributed by atoms with van der Waals surface area (Å²) in [7, 11) is 0. The molecule has 3 rings (SSSR count). The van der Waals surface area contributed by atoms with E-state index in [1.54, 1.807) is 12.4 Å². The summed E-state index contributed by atoms with van der Waals surface area (Å²) in [5.74, 6) is 1.37. The molecule has 2 aromatic heterocycles. The van der Waals surface area contributed by atoms with Crippen LogP contribution in [0.2, 0.25) is 0 Å². The van der Waals surface area contributed by atoms with Gasteiger partial charge in [-0.1, -0.05) is 0 Å². The lowest BCUT2D eigenvalue weighted by Gasteiger charge is -1.94. The number of hydrogen-bond donors (Lipinski definition) is 1. The van der Waals surface area contributed by atoms with Gasteiger partial charge in [-0.2, -0.15) is 0 Å². The maximum atomic E-state index is 5.95. The smallest absolute Gasteiger partial charge is 0.157 e. The summed E-state index contributed by atoms with van der Waals surface area (Å²) in [6.07, 6.45) is 7.76. The summed E-state index contributed by atoms with van der Waals surface area (Å²) in [5, 5.41) is 0. The van der Waals surface area contributed by atoms with Gasteiger partial charge >= 0.3 is 0 Å². The van der Waals surface area contributed by atoms with E-state index in [9.17, 15) is 0 Å². The number of rotatable bonds is 1. The molecule has 2 N–H and O–H groups in total. The van der Waals surface area contributed by atoms with Crippen LogP contribution in [0.5, 0.6) is 0 Å². The number of hydrogen-bond acceptors (Lipinski definition) is 3. The predicted molar refractivity (Wildman–Crippen MR) is 49.4 cm³/mol. The monoisotopic (exact) mass is 174 g/mol. The Morgan fingerprint density at radius 2 is 2.31 bits per heavy atom. The van der Waals surface area contributed by atoms with Crippen LogP contribution in [0.1, 0.15) is 24.5 Å². The number of aromatic nitrogens is 3. The molecule has 13 heavy (non-hydrogen) atoms. The Bertz CT molecular complexity index is 456. The zero-order valence-electron chi connectivity index (χ0n) is 7.14. The Balaban J connectivity index is 2.30. The Kier molecular flexibility index (Phi) is 1.17. The zero-order valence-corrected chi connectivity index (χ0v) is 7.14. The molecule has 0 saturated heterocycles. The first-order valence-electron chi connectivity index (χ1n) is 4.43. The van der Waals surface area contributed by atoms with Gasteiger partial charge in [0, 0.05) is 18.3 Å². The Morgan fingerprint density at radius 3 is 3.00 bits per heavy atom. The lowest BCUT2D eigenvalue weighted by atomic mass is 10.3. The molecular formula is C9H10N4. The minimum Gasteiger partial charge on any atom is -0.383 e. The molecule has 0 bridgehead atoms. The minimum absolute atomic E-state index is 0.597. The normalized spacial score (nSPS) is 16.6. The van der Waals surface area contributed by atoms with Crippen molar-refractivity contribution in [3.63, 3.8) is 0 Å². The van der Waals surface area contributed by atoms with Crippen molar-refractivity contribution in [3.8, 4) is 0 Å². The van der Waals surface area contributed by atoms with Gasteiger partial charge in [0.25, 0.3) is 0 Å². The van der Waals surface area contributed by atoms with E-state index in [0.717, 1.165) is 17.2 Å². The molecule has 0 spiro atoms. The maximum Gasteiger partial charge on any atom is 0.157 e. The van der Waals surface area contributed by atoms with E-state index in [0.29, 0.717) is 5.92 Å². The predicted octanol–water partition coefficient (Wildman–Crippen LogP) is 1.19. The third-order valence-corrected chi connectivity index (χ3v) is 2.46. The van der Waals surface area contributed by atoms with Crippen LogP contribution in [-0.4, -0.2) is 14.4 Å². The molecule has 1 aliphatic rings. The van der Waals surface area contributed by atoms with Crippen molar-refractivity contribution in [2.24, 2.45) is 0 Å². The van der Waals surface area contributed by atoms with E-state index in [1.165, 1.54) is 12.8 Å². The van der Waals surface area contributed by atoms with Crippen molar-refractivity contribution in [2.45, 2.75) is 18.8 Å². The highest BCUT2D eigenvalue weighted by Gasteiger charge is 2.29. The first kappa shape index (κ1) is 6.88. The van der Waals surface area contributed by atoms with Gasteiger partial charge in [0.05, 0.1) is 11.9 Å². The highest BCUT2D eigenvalue weighted by Crippen LogP contribution is 2.42. The SMILES string of the molecule is Nc1c(C2CC2)nc2cnccn12. The van der Waals surface area contributed by atoms with Crippen LogP contribution in [0.3, 0.4) is 0 Å². The van der Waals surface area contributed by atoms with Gasteiger partial charge in [-0.05, 0) is 12.8 Å². The second-order valence-electron chi connectivity index (χ2n) is 3.46. The molecule has 4 nitrogen and oxygen atoms in total. The molecule has 66 valence electrons. The van der Waals surface area contributed by atoms with Crippen molar-refractivity contribution in [2.75, 3.05) is 5.73 Å². The van der Waals surface area contributed by atoms with Gasteiger partial charge in [0.15, 0.2) is 5.65 Å².